The van der Waals surface area contributed by atoms with Gasteiger partial charge in [0.1, 0.15) is 0 Å². The average Bonchev–Trinajstić information content (AvgIpc) is 2.63. The zero-order chi connectivity index (χ0) is 24.2. The minimum atomic E-state index is -1.85. The van der Waals surface area contributed by atoms with E-state index in [4.69, 9.17) is 0 Å². The highest BCUT2D eigenvalue weighted by Gasteiger charge is 1.98. The summed E-state index contributed by atoms with van der Waals surface area (Å²) >= 11 is 0. The van der Waals surface area contributed by atoms with Crippen LogP contribution in [0.3, 0.4) is 0 Å². The molecular weight excluding hydrogens is 383 g/mol. The molecule has 0 aliphatic carbocycles. The summed E-state index contributed by atoms with van der Waals surface area (Å²) in [6, 6.07) is 10.1. The number of quaternary nitrogens is 2. The Labute approximate surface area is 194 Å². The third-order valence-corrected chi connectivity index (χ3v) is 4.61. The number of hydrogen-bond acceptors (Lipinski definition) is 2. The van der Waals surface area contributed by atoms with E-state index in [9.17, 15) is 10.0 Å². The molecule has 0 fully saturated rings. The first-order chi connectivity index (χ1) is 14.5. The van der Waals surface area contributed by atoms with Crippen molar-refractivity contribution in [1.29, 1.82) is 0 Å². The molecule has 5 heteroatoms. The second kappa shape index (κ2) is 21.0. The molecule has 0 radical (unpaired) electrons. The van der Waals surface area contributed by atoms with Crippen LogP contribution in [0.15, 0.2) is 24.3 Å². The van der Waals surface area contributed by atoms with Crippen molar-refractivity contribution < 1.29 is 20.7 Å². The monoisotopic (exact) mass is 436 g/mol. The van der Waals surface area contributed by atoms with E-state index >= 15 is 0 Å². The fraction of sp³-hybridized carbons (Fsp3) is 0.769. The van der Waals surface area contributed by atoms with E-state index in [1.807, 2.05) is 12.1 Å². The van der Waals surface area contributed by atoms with Gasteiger partial charge in [-0.05, 0) is 73.8 Å². The Morgan fingerprint density at radius 1 is 0.645 bits per heavy atom. The Balaban J connectivity index is 0. The van der Waals surface area contributed by atoms with E-state index in [0.29, 0.717) is 5.46 Å². The summed E-state index contributed by atoms with van der Waals surface area (Å²) in [7, 11) is -1.85. The normalized spacial score (nSPS) is 10.8. The molecular formula is C26H53BN2O2. The highest BCUT2D eigenvalue weighted by Crippen LogP contribution is 2.09. The Kier molecular flexibility index (Phi) is 21.9. The molecule has 0 spiro atoms. The number of rotatable bonds is 12. The smallest absolute Gasteiger partial charge is 0.0803 e. The lowest BCUT2D eigenvalue weighted by molar-refractivity contribution is -0.709. The van der Waals surface area contributed by atoms with Gasteiger partial charge in [0, 0.05) is 0 Å². The number of aryl methyl sites for hydroxylation is 1. The Morgan fingerprint density at radius 3 is 1.35 bits per heavy atom. The lowest BCUT2D eigenvalue weighted by atomic mass is 9.80. The maximum atomic E-state index is 10.6. The molecule has 0 heterocycles. The van der Waals surface area contributed by atoms with Gasteiger partial charge in [-0.1, -0.05) is 70.4 Å². The zero-order valence-corrected chi connectivity index (χ0v) is 22.1. The van der Waals surface area contributed by atoms with Crippen LogP contribution in [-0.2, 0) is 6.42 Å². The van der Waals surface area contributed by atoms with Gasteiger partial charge in [0.2, 0.25) is 0 Å². The van der Waals surface area contributed by atoms with Gasteiger partial charge in [0.25, 0.3) is 0 Å². The zero-order valence-electron chi connectivity index (χ0n) is 22.1. The molecule has 1 rings (SSSR count). The predicted molar refractivity (Wildman–Crippen MR) is 133 cm³/mol. The maximum Gasteiger partial charge on any atom is 0.0803 e. The summed E-state index contributed by atoms with van der Waals surface area (Å²) in [6.45, 7) is 19.9. The van der Waals surface area contributed by atoms with E-state index in [1.165, 1.54) is 44.1 Å². The van der Waals surface area contributed by atoms with Gasteiger partial charge < -0.3 is 20.7 Å². The van der Waals surface area contributed by atoms with E-state index in [2.05, 4.69) is 72.9 Å². The van der Waals surface area contributed by atoms with Crippen molar-refractivity contribution in [2.24, 2.45) is 0 Å². The van der Waals surface area contributed by atoms with Crippen molar-refractivity contribution in [3.63, 3.8) is 0 Å². The fourth-order valence-corrected chi connectivity index (χ4v) is 3.49. The maximum absolute atomic E-state index is 10.6. The SMILES string of the molecule is CC(C)[NH2+]C(C)C.CC(C)[NH2+]C(C)C.CCCCCCCCc1ccc(B([O-])[O-])cc1. The summed E-state index contributed by atoms with van der Waals surface area (Å²) in [6.07, 6.45) is 8.79. The number of hydrogen-bond donors (Lipinski definition) is 2. The van der Waals surface area contributed by atoms with E-state index < -0.39 is 7.12 Å². The van der Waals surface area contributed by atoms with Crippen LogP contribution >= 0.6 is 0 Å². The van der Waals surface area contributed by atoms with E-state index in [1.54, 1.807) is 12.1 Å². The van der Waals surface area contributed by atoms with Crippen LogP contribution in [0, 0.1) is 0 Å². The van der Waals surface area contributed by atoms with Gasteiger partial charge in [-0.25, -0.2) is 0 Å². The topological polar surface area (TPSA) is 79.3 Å². The molecule has 4 N–H and O–H groups in total. The summed E-state index contributed by atoms with van der Waals surface area (Å²) in [4.78, 5) is 0. The van der Waals surface area contributed by atoms with Crippen molar-refractivity contribution in [3.8, 4) is 0 Å². The quantitative estimate of drug-likeness (QED) is 0.387. The first-order valence-corrected chi connectivity index (χ1v) is 12.6. The lowest BCUT2D eigenvalue weighted by Crippen LogP contribution is -2.92. The Hall–Kier alpha value is -0.875. The average molecular weight is 437 g/mol. The van der Waals surface area contributed by atoms with Crippen LogP contribution < -0.4 is 26.1 Å². The standard InChI is InChI=1S/C14H21BO2.2C6H15N/c1-2-3-4-5-6-7-8-13-9-11-14(12-10-13)15(16)17;2*1-5(2)7-6(3)4/h9-12H,2-8H2,1H3;2*5-7H,1-4H3/q-2;;/p+2. The first-order valence-electron chi connectivity index (χ1n) is 12.6. The summed E-state index contributed by atoms with van der Waals surface area (Å²) < 4.78 is 0. The van der Waals surface area contributed by atoms with Crippen LogP contribution in [0.2, 0.25) is 0 Å². The molecule has 0 saturated heterocycles. The molecule has 0 aliphatic heterocycles. The largest absolute Gasteiger partial charge is 0.889 e. The summed E-state index contributed by atoms with van der Waals surface area (Å²) in [5.74, 6) is 0. The van der Waals surface area contributed by atoms with E-state index in [0.717, 1.165) is 30.6 Å². The Morgan fingerprint density at radius 2 is 1.03 bits per heavy atom. The van der Waals surface area contributed by atoms with Gasteiger partial charge in [-0.3, -0.25) is 0 Å². The second-order valence-electron chi connectivity index (χ2n) is 9.95. The minimum absolute atomic E-state index is 0.344. The molecule has 0 saturated carbocycles. The van der Waals surface area contributed by atoms with Crippen molar-refractivity contribution in [3.05, 3.63) is 29.8 Å². The molecule has 0 aromatic heterocycles. The molecule has 1 aromatic carbocycles. The molecule has 0 amide bonds. The van der Waals surface area contributed by atoms with Gasteiger partial charge >= 0.3 is 0 Å². The van der Waals surface area contributed by atoms with Gasteiger partial charge in [-0.2, -0.15) is 0 Å². The molecule has 182 valence electrons. The second-order valence-corrected chi connectivity index (χ2v) is 9.95. The first kappa shape index (κ1) is 32.3. The van der Waals surface area contributed by atoms with Gasteiger partial charge in [0.05, 0.1) is 24.2 Å². The third-order valence-electron chi connectivity index (χ3n) is 4.61. The van der Waals surface area contributed by atoms with Crippen molar-refractivity contribution >= 4 is 12.6 Å². The van der Waals surface area contributed by atoms with Gasteiger partial charge in [-0.15, -0.1) is 5.46 Å². The number of benzene rings is 1. The number of unbranched alkanes of at least 4 members (excludes halogenated alkanes) is 5. The van der Waals surface area contributed by atoms with E-state index in [-0.39, 0.29) is 0 Å². The minimum Gasteiger partial charge on any atom is -0.889 e. The molecule has 0 atom stereocenters. The molecule has 0 aliphatic rings. The summed E-state index contributed by atoms with van der Waals surface area (Å²) in [5, 5.41) is 26.0. The van der Waals surface area contributed by atoms with Crippen LogP contribution in [0.1, 0.15) is 106 Å². The highest BCUT2D eigenvalue weighted by atomic mass is 16.4. The highest BCUT2D eigenvalue weighted by molar-refractivity contribution is 6.55. The van der Waals surface area contributed by atoms with Crippen molar-refractivity contribution in [1.82, 2.24) is 0 Å². The van der Waals surface area contributed by atoms with Crippen LogP contribution in [0.25, 0.3) is 0 Å². The van der Waals surface area contributed by atoms with Crippen molar-refractivity contribution in [2.45, 2.75) is 131 Å². The molecule has 1 aromatic rings. The van der Waals surface area contributed by atoms with Crippen LogP contribution in [-0.4, -0.2) is 31.3 Å². The third kappa shape index (κ3) is 25.3. The van der Waals surface area contributed by atoms with Crippen LogP contribution in [0.4, 0.5) is 0 Å². The molecule has 31 heavy (non-hydrogen) atoms. The predicted octanol–water partition coefficient (Wildman–Crippen LogP) is 1.74. The molecule has 4 nitrogen and oxygen atoms in total. The number of nitrogens with two attached hydrogens (primary N) is 2. The fourth-order valence-electron chi connectivity index (χ4n) is 3.49. The van der Waals surface area contributed by atoms with Gasteiger partial charge in [0.15, 0.2) is 0 Å². The lowest BCUT2D eigenvalue weighted by Gasteiger charge is -2.26. The van der Waals surface area contributed by atoms with Crippen LogP contribution in [0.5, 0.6) is 0 Å². The summed E-state index contributed by atoms with van der Waals surface area (Å²) in [5.41, 5.74) is 1.57. The van der Waals surface area contributed by atoms with Crippen molar-refractivity contribution in [2.75, 3.05) is 0 Å². The Bertz CT molecular complexity index is 463. The molecule has 0 bridgehead atoms. The molecule has 0 unspecified atom stereocenters.